The molecule has 0 radical (unpaired) electrons. The topological polar surface area (TPSA) is 95.7 Å². The van der Waals surface area contributed by atoms with Crippen molar-refractivity contribution in [2.45, 2.75) is 89.6 Å². The van der Waals surface area contributed by atoms with Gasteiger partial charge < -0.3 is 14.8 Å². The van der Waals surface area contributed by atoms with Crippen LogP contribution < -0.4 is 5.32 Å². The Labute approximate surface area is 218 Å². The van der Waals surface area contributed by atoms with Crippen LogP contribution in [-0.4, -0.2) is 40.0 Å². The summed E-state index contributed by atoms with van der Waals surface area (Å²) in [5.74, 6) is 0.439. The Bertz CT molecular complexity index is 1020. The fourth-order valence-electron chi connectivity index (χ4n) is 5.61. The molecule has 1 saturated heterocycles. The smallest absolute Gasteiger partial charge is 0.303 e. The molecule has 36 heavy (non-hydrogen) atoms. The van der Waals surface area contributed by atoms with Crippen LogP contribution in [0.25, 0.3) is 0 Å². The highest BCUT2D eigenvalue weighted by Gasteiger charge is 2.31. The molecule has 1 aromatic carbocycles. The molecular formula is C28H38ClN3O4. The number of nitrogens with one attached hydrogen (secondary N) is 1. The summed E-state index contributed by atoms with van der Waals surface area (Å²) < 4.78 is 5.76. The first-order valence-electron chi connectivity index (χ1n) is 13.5. The summed E-state index contributed by atoms with van der Waals surface area (Å²) in [6.45, 7) is 2.17. The number of hydrogen-bond donors (Lipinski definition) is 2. The number of likely N-dealkylation sites (tertiary alicyclic amines) is 1. The molecule has 196 valence electrons. The fourth-order valence-corrected chi connectivity index (χ4v) is 5.81. The second-order valence-corrected chi connectivity index (χ2v) is 10.7. The molecule has 2 N–H and O–H groups in total. The third-order valence-corrected chi connectivity index (χ3v) is 7.84. The first kappa shape index (κ1) is 26.7. The van der Waals surface area contributed by atoms with Gasteiger partial charge in [0.1, 0.15) is 6.26 Å². The van der Waals surface area contributed by atoms with Crippen molar-refractivity contribution in [3.63, 3.8) is 0 Å². The van der Waals surface area contributed by atoms with E-state index in [0.29, 0.717) is 36.1 Å². The van der Waals surface area contributed by atoms with E-state index >= 15 is 0 Å². The number of nitrogens with zero attached hydrogens (tertiary/aromatic N) is 2. The highest BCUT2D eigenvalue weighted by atomic mass is 35.5. The van der Waals surface area contributed by atoms with Crippen LogP contribution in [0.15, 0.2) is 28.9 Å². The van der Waals surface area contributed by atoms with E-state index in [9.17, 15) is 9.59 Å². The van der Waals surface area contributed by atoms with Gasteiger partial charge in [-0.25, -0.2) is 4.98 Å². The Morgan fingerprint density at radius 2 is 1.94 bits per heavy atom. The normalized spacial score (nSPS) is 19.0. The summed E-state index contributed by atoms with van der Waals surface area (Å²) in [5.41, 5.74) is 2.34. The highest BCUT2D eigenvalue weighted by Crippen LogP contribution is 2.34. The van der Waals surface area contributed by atoms with E-state index in [-0.39, 0.29) is 18.4 Å². The molecule has 1 unspecified atom stereocenters. The second-order valence-electron chi connectivity index (χ2n) is 10.3. The molecule has 8 heteroatoms. The van der Waals surface area contributed by atoms with Crippen LogP contribution in [0.2, 0.25) is 5.02 Å². The zero-order valence-corrected chi connectivity index (χ0v) is 21.8. The van der Waals surface area contributed by atoms with Gasteiger partial charge in [-0.3, -0.25) is 14.5 Å². The standard InChI is InChI=1S/C28H38ClN3O4/c29-23-13-11-21(12-14-26(33)34)22(17-23)18-32-16-6-10-25(32)28-31-24(19-36-28)27(35)30-15-5-4-9-20-7-2-1-3-8-20/h11,13,17,19-20,25H,1-10,12,14-16,18H2,(H,30,35)(H,33,34). The number of rotatable bonds is 12. The van der Waals surface area contributed by atoms with E-state index in [0.717, 1.165) is 49.3 Å². The number of aromatic nitrogens is 1. The van der Waals surface area contributed by atoms with Crippen molar-refractivity contribution in [1.82, 2.24) is 15.2 Å². The van der Waals surface area contributed by atoms with Crippen molar-refractivity contribution in [3.8, 4) is 0 Å². The van der Waals surface area contributed by atoms with E-state index < -0.39 is 5.97 Å². The molecular weight excluding hydrogens is 478 g/mol. The Kier molecular flexibility index (Phi) is 9.82. The van der Waals surface area contributed by atoms with Gasteiger partial charge >= 0.3 is 5.97 Å². The highest BCUT2D eigenvalue weighted by molar-refractivity contribution is 6.30. The lowest BCUT2D eigenvalue weighted by Gasteiger charge is -2.23. The summed E-state index contributed by atoms with van der Waals surface area (Å²) in [4.78, 5) is 30.5. The molecule has 2 aliphatic rings. The van der Waals surface area contributed by atoms with Gasteiger partial charge in [0, 0.05) is 24.5 Å². The Hall–Kier alpha value is -2.38. The van der Waals surface area contributed by atoms with Crippen LogP contribution in [0.4, 0.5) is 0 Å². The third-order valence-electron chi connectivity index (χ3n) is 7.60. The molecule has 1 atom stereocenters. The maximum Gasteiger partial charge on any atom is 0.303 e. The number of carboxylic acids is 1. The van der Waals surface area contributed by atoms with Crippen molar-refractivity contribution < 1.29 is 19.1 Å². The maximum atomic E-state index is 12.6. The van der Waals surface area contributed by atoms with Crippen LogP contribution in [0.3, 0.4) is 0 Å². The van der Waals surface area contributed by atoms with Gasteiger partial charge in [0.15, 0.2) is 5.69 Å². The monoisotopic (exact) mass is 515 g/mol. The lowest BCUT2D eigenvalue weighted by molar-refractivity contribution is -0.136. The van der Waals surface area contributed by atoms with Crippen LogP contribution in [0, 0.1) is 5.92 Å². The molecule has 1 saturated carbocycles. The lowest BCUT2D eigenvalue weighted by atomic mass is 9.86. The molecule has 1 aliphatic carbocycles. The first-order valence-corrected chi connectivity index (χ1v) is 13.8. The average Bonchev–Trinajstić information content (AvgIpc) is 3.53. The van der Waals surface area contributed by atoms with E-state index in [1.54, 1.807) is 6.07 Å². The minimum absolute atomic E-state index is 0.0200. The quantitative estimate of drug-likeness (QED) is 0.328. The second kappa shape index (κ2) is 13.2. The van der Waals surface area contributed by atoms with Crippen LogP contribution >= 0.6 is 11.6 Å². The first-order chi connectivity index (χ1) is 17.5. The Morgan fingerprint density at radius 1 is 1.11 bits per heavy atom. The number of oxazole rings is 1. The number of benzene rings is 1. The predicted octanol–water partition coefficient (Wildman–Crippen LogP) is 6.16. The summed E-state index contributed by atoms with van der Waals surface area (Å²) >= 11 is 6.25. The number of carbonyl (C=O) groups excluding carboxylic acids is 1. The average molecular weight is 516 g/mol. The summed E-state index contributed by atoms with van der Waals surface area (Å²) in [6.07, 6.45) is 14.2. The van der Waals surface area contributed by atoms with Crippen molar-refractivity contribution in [3.05, 3.63) is 52.2 Å². The van der Waals surface area contributed by atoms with E-state index in [1.807, 2.05) is 12.1 Å². The number of unbranched alkanes of at least 4 members (excludes halogenated alkanes) is 1. The molecule has 2 aromatic rings. The number of hydrogen-bond acceptors (Lipinski definition) is 5. The molecule has 4 rings (SSSR count). The zero-order chi connectivity index (χ0) is 25.3. The van der Waals surface area contributed by atoms with Gasteiger partial charge in [-0.05, 0) is 61.4 Å². The van der Waals surface area contributed by atoms with Crippen molar-refractivity contribution in [1.29, 1.82) is 0 Å². The molecule has 1 aromatic heterocycles. The van der Waals surface area contributed by atoms with Crippen LogP contribution in [-0.2, 0) is 17.8 Å². The minimum atomic E-state index is -0.815. The molecule has 1 aliphatic heterocycles. The van der Waals surface area contributed by atoms with Crippen molar-refractivity contribution in [2.24, 2.45) is 5.92 Å². The van der Waals surface area contributed by atoms with Crippen molar-refractivity contribution in [2.75, 3.05) is 13.1 Å². The number of carboxylic acid groups (broad SMARTS) is 1. The number of halogens is 1. The summed E-state index contributed by atoms with van der Waals surface area (Å²) in [7, 11) is 0. The summed E-state index contributed by atoms with van der Waals surface area (Å²) in [6, 6.07) is 5.61. The molecule has 2 heterocycles. The molecule has 7 nitrogen and oxygen atoms in total. The van der Waals surface area contributed by atoms with Crippen LogP contribution in [0.1, 0.15) is 104 Å². The van der Waals surface area contributed by atoms with Gasteiger partial charge in [0.2, 0.25) is 5.89 Å². The van der Waals surface area contributed by atoms with E-state index in [1.165, 1.54) is 44.8 Å². The lowest BCUT2D eigenvalue weighted by Crippen LogP contribution is -2.26. The van der Waals surface area contributed by atoms with Gasteiger partial charge in [0.25, 0.3) is 5.91 Å². The zero-order valence-electron chi connectivity index (χ0n) is 21.0. The van der Waals surface area contributed by atoms with Gasteiger partial charge in [-0.15, -0.1) is 0 Å². The maximum absolute atomic E-state index is 12.6. The predicted molar refractivity (Wildman–Crippen MR) is 139 cm³/mol. The number of amides is 1. The Morgan fingerprint density at radius 3 is 2.75 bits per heavy atom. The number of aryl methyl sites for hydroxylation is 1. The van der Waals surface area contributed by atoms with E-state index in [2.05, 4.69) is 15.2 Å². The van der Waals surface area contributed by atoms with E-state index in [4.69, 9.17) is 21.1 Å². The SMILES string of the molecule is O=C(O)CCc1ccc(Cl)cc1CN1CCCC1c1nc(C(=O)NCCCCC2CCCCC2)co1. The van der Waals surface area contributed by atoms with Gasteiger partial charge in [0.05, 0.1) is 6.04 Å². The van der Waals surface area contributed by atoms with Crippen LogP contribution in [0.5, 0.6) is 0 Å². The number of carbonyl (C=O) groups is 2. The fraction of sp³-hybridized carbons (Fsp3) is 0.607. The molecule has 1 amide bonds. The van der Waals surface area contributed by atoms with Gasteiger partial charge in [-0.1, -0.05) is 62.6 Å². The largest absolute Gasteiger partial charge is 0.481 e. The third kappa shape index (κ3) is 7.56. The summed E-state index contributed by atoms with van der Waals surface area (Å²) in [5, 5.41) is 12.7. The van der Waals surface area contributed by atoms with Gasteiger partial charge in [-0.2, -0.15) is 0 Å². The number of aliphatic carboxylic acids is 1. The minimum Gasteiger partial charge on any atom is -0.481 e. The Balaban J connectivity index is 1.29. The van der Waals surface area contributed by atoms with Crippen molar-refractivity contribution >= 4 is 23.5 Å². The molecule has 0 bridgehead atoms. The molecule has 0 spiro atoms. The molecule has 2 fully saturated rings.